The van der Waals surface area contributed by atoms with E-state index in [1.54, 1.807) is 30.6 Å². The van der Waals surface area contributed by atoms with Crippen LogP contribution in [0, 0.1) is 0 Å². The highest BCUT2D eigenvalue weighted by molar-refractivity contribution is 7.94. The Kier molecular flexibility index (Phi) is 5.25. The van der Waals surface area contributed by atoms with Crippen LogP contribution in [-0.2, 0) is 23.0 Å². The average Bonchev–Trinajstić information content (AvgIpc) is 3.12. The monoisotopic (exact) mass is 375 g/mol. The molecular weight excluding hydrogens is 358 g/mol. The maximum absolute atomic E-state index is 12.3. The van der Waals surface area contributed by atoms with Gasteiger partial charge in [-0.1, -0.05) is 6.92 Å². The van der Waals surface area contributed by atoms with Crippen LogP contribution in [0.1, 0.15) is 17.4 Å². The van der Waals surface area contributed by atoms with Gasteiger partial charge < -0.3 is 5.32 Å². The van der Waals surface area contributed by atoms with Crippen LogP contribution in [0.4, 0.5) is 11.6 Å². The number of aromatic nitrogens is 3. The minimum absolute atomic E-state index is 0.181. The van der Waals surface area contributed by atoms with Gasteiger partial charge >= 0.3 is 0 Å². The number of aryl methyl sites for hydroxylation is 1. The van der Waals surface area contributed by atoms with Crippen LogP contribution in [-0.4, -0.2) is 23.6 Å². The molecule has 0 aliphatic carbocycles. The van der Waals surface area contributed by atoms with Crippen molar-refractivity contribution in [2.24, 2.45) is 0 Å². The van der Waals surface area contributed by atoms with Gasteiger partial charge in [0.15, 0.2) is 5.82 Å². The van der Waals surface area contributed by atoms with Crippen molar-refractivity contribution in [3.05, 3.63) is 59.2 Å². The summed E-state index contributed by atoms with van der Waals surface area (Å²) >= 11 is 1.25. The van der Waals surface area contributed by atoms with E-state index in [0.717, 1.165) is 16.9 Å². The first-order valence-corrected chi connectivity index (χ1v) is 9.95. The molecule has 0 aromatic carbocycles. The first-order chi connectivity index (χ1) is 12.1. The van der Waals surface area contributed by atoms with E-state index in [0.29, 0.717) is 12.4 Å². The molecule has 2 N–H and O–H groups in total. The third kappa shape index (κ3) is 4.52. The second kappa shape index (κ2) is 7.58. The normalized spacial score (nSPS) is 11.2. The van der Waals surface area contributed by atoms with Crippen LogP contribution in [0.25, 0.3) is 0 Å². The Bertz CT molecular complexity index is 925. The molecule has 0 aliphatic heterocycles. The highest BCUT2D eigenvalue weighted by atomic mass is 32.2. The molecule has 0 bridgehead atoms. The van der Waals surface area contributed by atoms with Gasteiger partial charge in [-0.25, -0.2) is 8.42 Å². The predicted molar refractivity (Wildman–Crippen MR) is 98.1 cm³/mol. The van der Waals surface area contributed by atoms with Crippen molar-refractivity contribution in [1.82, 2.24) is 15.2 Å². The van der Waals surface area contributed by atoms with Crippen molar-refractivity contribution in [3.8, 4) is 0 Å². The summed E-state index contributed by atoms with van der Waals surface area (Å²) in [6, 6.07) is 10.5. The number of nitrogens with zero attached hydrogens (tertiary/aromatic N) is 3. The molecule has 0 radical (unpaired) electrons. The number of nitrogens with one attached hydrogen (secondary N) is 2. The molecule has 0 aliphatic rings. The topological polar surface area (TPSA) is 96.9 Å². The molecule has 0 atom stereocenters. The van der Waals surface area contributed by atoms with E-state index >= 15 is 0 Å². The summed E-state index contributed by atoms with van der Waals surface area (Å²) in [5.41, 5.74) is 1.06. The maximum atomic E-state index is 12.3. The van der Waals surface area contributed by atoms with Crippen molar-refractivity contribution >= 4 is 33.0 Å². The van der Waals surface area contributed by atoms with Gasteiger partial charge in [0.25, 0.3) is 10.0 Å². The fraction of sp³-hybridized carbons (Fsp3) is 0.188. The van der Waals surface area contributed by atoms with Crippen LogP contribution in [0.15, 0.2) is 53.0 Å². The van der Waals surface area contributed by atoms with Crippen LogP contribution >= 0.6 is 11.3 Å². The summed E-state index contributed by atoms with van der Waals surface area (Å²) in [7, 11) is -3.63. The lowest BCUT2D eigenvalue weighted by Crippen LogP contribution is -2.13. The molecule has 0 spiro atoms. The largest absolute Gasteiger partial charge is 0.365 e. The van der Waals surface area contributed by atoms with Gasteiger partial charge in [-0.15, -0.1) is 21.5 Å². The summed E-state index contributed by atoms with van der Waals surface area (Å²) in [4.78, 5) is 4.97. The van der Waals surface area contributed by atoms with E-state index in [2.05, 4.69) is 25.2 Å². The fourth-order valence-electron chi connectivity index (χ4n) is 2.05. The number of pyridine rings is 1. The quantitative estimate of drug-likeness (QED) is 0.659. The van der Waals surface area contributed by atoms with E-state index in [9.17, 15) is 8.42 Å². The van der Waals surface area contributed by atoms with E-state index in [-0.39, 0.29) is 10.0 Å². The lowest BCUT2D eigenvalue weighted by molar-refractivity contribution is 0.603. The molecule has 9 heteroatoms. The molecule has 3 aromatic heterocycles. The summed E-state index contributed by atoms with van der Waals surface area (Å²) in [5, 5.41) is 11.0. The van der Waals surface area contributed by atoms with Crippen molar-refractivity contribution < 1.29 is 8.42 Å². The Morgan fingerprint density at radius 3 is 2.36 bits per heavy atom. The molecule has 0 unspecified atom stereocenters. The van der Waals surface area contributed by atoms with Gasteiger partial charge in [0.2, 0.25) is 0 Å². The van der Waals surface area contributed by atoms with Crippen molar-refractivity contribution in [1.29, 1.82) is 0 Å². The predicted octanol–water partition coefficient (Wildman–Crippen LogP) is 2.91. The van der Waals surface area contributed by atoms with Crippen LogP contribution < -0.4 is 10.0 Å². The Balaban J connectivity index is 1.64. The number of sulfonamides is 1. The summed E-state index contributed by atoms with van der Waals surface area (Å²) in [6.07, 6.45) is 4.24. The molecule has 0 saturated carbocycles. The van der Waals surface area contributed by atoms with E-state index < -0.39 is 10.0 Å². The Morgan fingerprint density at radius 2 is 1.72 bits per heavy atom. The zero-order chi connectivity index (χ0) is 17.7. The molecule has 3 rings (SSSR count). The first kappa shape index (κ1) is 17.3. The minimum Gasteiger partial charge on any atom is -0.365 e. The van der Waals surface area contributed by atoms with Gasteiger partial charge in [-0.3, -0.25) is 9.71 Å². The van der Waals surface area contributed by atoms with Crippen LogP contribution in [0.3, 0.4) is 0 Å². The Morgan fingerprint density at radius 1 is 1.00 bits per heavy atom. The third-order valence-corrected chi connectivity index (χ3v) is 6.45. The van der Waals surface area contributed by atoms with Gasteiger partial charge in [0, 0.05) is 23.8 Å². The van der Waals surface area contributed by atoms with Gasteiger partial charge in [-0.2, -0.15) is 0 Å². The molecule has 7 nitrogen and oxygen atoms in total. The third-order valence-electron chi connectivity index (χ3n) is 3.38. The standard InChI is InChI=1S/C16H17N5O2S2/c1-2-13-3-6-16(24-13)25(22,23)21-15-5-4-14(19-20-15)18-11-12-7-9-17-10-8-12/h3-10H,2,11H2,1H3,(H,18,19)(H,20,21). The summed E-state index contributed by atoms with van der Waals surface area (Å²) in [6.45, 7) is 2.57. The molecule has 0 amide bonds. The second-order valence-electron chi connectivity index (χ2n) is 5.19. The lowest BCUT2D eigenvalue weighted by atomic mass is 10.3. The summed E-state index contributed by atoms with van der Waals surface area (Å²) in [5.74, 6) is 0.741. The van der Waals surface area contributed by atoms with E-state index in [4.69, 9.17) is 0 Å². The number of thiophene rings is 1. The molecule has 3 heterocycles. The number of hydrogen-bond donors (Lipinski definition) is 2. The smallest absolute Gasteiger partial charge is 0.272 e. The Hall–Kier alpha value is -2.52. The second-order valence-corrected chi connectivity index (χ2v) is 8.27. The molecule has 130 valence electrons. The first-order valence-electron chi connectivity index (χ1n) is 7.65. The summed E-state index contributed by atoms with van der Waals surface area (Å²) < 4.78 is 27.4. The SMILES string of the molecule is CCc1ccc(S(=O)(=O)Nc2ccc(NCc3ccncc3)nn2)s1. The van der Waals surface area contributed by atoms with E-state index in [1.165, 1.54) is 11.3 Å². The molecule has 0 fully saturated rings. The molecular formula is C16H17N5O2S2. The lowest BCUT2D eigenvalue weighted by Gasteiger charge is -2.07. The fourth-order valence-corrected chi connectivity index (χ4v) is 4.35. The number of hydrogen-bond acceptors (Lipinski definition) is 7. The highest BCUT2D eigenvalue weighted by Gasteiger charge is 2.17. The zero-order valence-corrected chi connectivity index (χ0v) is 15.1. The molecule has 3 aromatic rings. The van der Waals surface area contributed by atoms with E-state index in [1.807, 2.05) is 25.1 Å². The molecule has 25 heavy (non-hydrogen) atoms. The Labute approximate surface area is 150 Å². The maximum Gasteiger partial charge on any atom is 0.272 e. The van der Waals surface area contributed by atoms with Crippen molar-refractivity contribution in [3.63, 3.8) is 0 Å². The average molecular weight is 375 g/mol. The van der Waals surface area contributed by atoms with Gasteiger partial charge in [0.1, 0.15) is 10.0 Å². The van der Waals surface area contributed by atoms with Gasteiger partial charge in [-0.05, 0) is 48.4 Å². The van der Waals surface area contributed by atoms with Crippen molar-refractivity contribution in [2.45, 2.75) is 24.1 Å². The van der Waals surface area contributed by atoms with Crippen molar-refractivity contribution in [2.75, 3.05) is 10.0 Å². The number of rotatable bonds is 7. The zero-order valence-electron chi connectivity index (χ0n) is 13.5. The van der Waals surface area contributed by atoms with Crippen LogP contribution in [0.2, 0.25) is 0 Å². The van der Waals surface area contributed by atoms with Gasteiger partial charge in [0.05, 0.1) is 0 Å². The highest BCUT2D eigenvalue weighted by Crippen LogP contribution is 2.23. The van der Waals surface area contributed by atoms with Crippen LogP contribution in [0.5, 0.6) is 0 Å². The number of anilines is 2. The minimum atomic E-state index is -3.63. The molecule has 0 saturated heterocycles.